The first kappa shape index (κ1) is 18.5. The van der Waals surface area contributed by atoms with Gasteiger partial charge in [0.15, 0.2) is 0 Å². The van der Waals surface area contributed by atoms with Crippen LogP contribution >= 0.6 is 12.4 Å². The monoisotopic (exact) mass is 348 g/mol. The second-order valence-electron chi connectivity index (χ2n) is 6.03. The Labute approximate surface area is 149 Å². The van der Waals surface area contributed by atoms with Crippen LogP contribution in [-0.4, -0.2) is 46.3 Å². The number of hydrogen-bond donors (Lipinski definition) is 1. The normalized spacial score (nSPS) is 16.6. The third-order valence-corrected chi connectivity index (χ3v) is 4.32. The average Bonchev–Trinajstić information content (AvgIpc) is 3.26. The fourth-order valence-corrected chi connectivity index (χ4v) is 3.12. The molecule has 24 heavy (non-hydrogen) atoms. The van der Waals surface area contributed by atoms with E-state index >= 15 is 0 Å². The lowest BCUT2D eigenvalue weighted by Crippen LogP contribution is -2.42. The molecule has 1 saturated heterocycles. The highest BCUT2D eigenvalue weighted by Gasteiger charge is 2.25. The quantitative estimate of drug-likeness (QED) is 0.872. The standard InChI is InChI=1S/C18H24N4O.ClH/c1-2-11-21(17-8-10-19-14-17)18(23)13-15-4-6-16(7-5-15)22-12-3-9-20-22;/h3-7,9,12,17,19H,2,8,10-11,13-14H2,1H3;1H. The Morgan fingerprint density at radius 1 is 1.38 bits per heavy atom. The average molecular weight is 349 g/mol. The minimum absolute atomic E-state index is 0. The highest BCUT2D eigenvalue weighted by Crippen LogP contribution is 2.14. The number of aromatic nitrogens is 2. The predicted molar refractivity (Wildman–Crippen MR) is 97.8 cm³/mol. The Hall–Kier alpha value is -1.85. The lowest BCUT2D eigenvalue weighted by molar-refractivity contribution is -0.132. The summed E-state index contributed by atoms with van der Waals surface area (Å²) < 4.78 is 1.82. The molecule has 1 aliphatic rings. The van der Waals surface area contributed by atoms with Gasteiger partial charge in [0.25, 0.3) is 0 Å². The Kier molecular flexibility index (Phi) is 6.82. The van der Waals surface area contributed by atoms with Gasteiger partial charge in [-0.2, -0.15) is 5.10 Å². The Bertz CT molecular complexity index is 621. The van der Waals surface area contributed by atoms with Gasteiger partial charge in [-0.05, 0) is 43.1 Å². The molecule has 5 nitrogen and oxygen atoms in total. The largest absolute Gasteiger partial charge is 0.338 e. The summed E-state index contributed by atoms with van der Waals surface area (Å²) >= 11 is 0. The van der Waals surface area contributed by atoms with Crippen LogP contribution in [-0.2, 0) is 11.2 Å². The van der Waals surface area contributed by atoms with Gasteiger partial charge in [-0.3, -0.25) is 4.79 Å². The maximum Gasteiger partial charge on any atom is 0.227 e. The molecule has 2 aromatic rings. The number of amides is 1. The van der Waals surface area contributed by atoms with Crippen LogP contribution < -0.4 is 5.32 Å². The summed E-state index contributed by atoms with van der Waals surface area (Å²) in [7, 11) is 0. The number of halogens is 1. The van der Waals surface area contributed by atoms with E-state index in [0.717, 1.165) is 43.7 Å². The van der Waals surface area contributed by atoms with Crippen LogP contribution in [0.15, 0.2) is 42.7 Å². The summed E-state index contributed by atoms with van der Waals surface area (Å²) in [6, 6.07) is 10.3. The highest BCUT2D eigenvalue weighted by molar-refractivity contribution is 5.85. The lowest BCUT2D eigenvalue weighted by Gasteiger charge is -2.28. The van der Waals surface area contributed by atoms with Crippen molar-refractivity contribution >= 4 is 18.3 Å². The van der Waals surface area contributed by atoms with Gasteiger partial charge >= 0.3 is 0 Å². The van der Waals surface area contributed by atoms with Crippen molar-refractivity contribution in [3.63, 3.8) is 0 Å². The van der Waals surface area contributed by atoms with Crippen molar-refractivity contribution in [2.75, 3.05) is 19.6 Å². The number of benzene rings is 1. The molecule has 1 aromatic carbocycles. The molecular formula is C18H25ClN4O. The van der Waals surface area contributed by atoms with E-state index in [2.05, 4.69) is 22.2 Å². The SMILES string of the molecule is CCCN(C(=O)Cc1ccc(-n2cccn2)cc1)C1CCNC1.Cl. The fraction of sp³-hybridized carbons (Fsp3) is 0.444. The second kappa shape index (κ2) is 8.85. The zero-order chi connectivity index (χ0) is 16.1. The molecule has 0 saturated carbocycles. The van der Waals surface area contributed by atoms with E-state index in [9.17, 15) is 4.79 Å². The van der Waals surface area contributed by atoms with Crippen LogP contribution in [0.2, 0.25) is 0 Å². The Morgan fingerprint density at radius 3 is 2.75 bits per heavy atom. The molecule has 1 aromatic heterocycles. The lowest BCUT2D eigenvalue weighted by atomic mass is 10.1. The molecule has 0 aliphatic carbocycles. The molecule has 0 spiro atoms. The van der Waals surface area contributed by atoms with Crippen molar-refractivity contribution in [1.82, 2.24) is 20.0 Å². The molecular weight excluding hydrogens is 324 g/mol. The molecule has 0 bridgehead atoms. The first-order valence-electron chi connectivity index (χ1n) is 8.37. The number of hydrogen-bond acceptors (Lipinski definition) is 3. The number of rotatable bonds is 6. The van der Waals surface area contributed by atoms with E-state index in [-0.39, 0.29) is 18.3 Å². The first-order chi connectivity index (χ1) is 11.3. The Morgan fingerprint density at radius 2 is 2.17 bits per heavy atom. The van der Waals surface area contributed by atoms with E-state index in [1.807, 2.05) is 41.2 Å². The van der Waals surface area contributed by atoms with Gasteiger partial charge in [0.1, 0.15) is 0 Å². The molecule has 0 radical (unpaired) electrons. The van der Waals surface area contributed by atoms with Gasteiger partial charge in [-0.15, -0.1) is 12.4 Å². The predicted octanol–water partition coefficient (Wildman–Crippen LogP) is 2.44. The van der Waals surface area contributed by atoms with Crippen molar-refractivity contribution < 1.29 is 4.79 Å². The van der Waals surface area contributed by atoms with Crippen LogP contribution in [0.5, 0.6) is 0 Å². The van der Waals surface area contributed by atoms with Gasteiger partial charge in [-0.25, -0.2) is 4.68 Å². The van der Waals surface area contributed by atoms with E-state index in [0.29, 0.717) is 12.5 Å². The zero-order valence-electron chi connectivity index (χ0n) is 14.0. The van der Waals surface area contributed by atoms with Gasteiger partial charge < -0.3 is 10.2 Å². The summed E-state index contributed by atoms with van der Waals surface area (Å²) in [6.45, 7) is 4.90. The first-order valence-corrected chi connectivity index (χ1v) is 8.37. The van der Waals surface area contributed by atoms with E-state index in [4.69, 9.17) is 0 Å². The summed E-state index contributed by atoms with van der Waals surface area (Å²) in [4.78, 5) is 14.7. The van der Waals surface area contributed by atoms with E-state index in [1.54, 1.807) is 6.20 Å². The number of nitrogens with zero attached hydrogens (tertiary/aromatic N) is 3. The third kappa shape index (κ3) is 4.36. The molecule has 1 unspecified atom stereocenters. The zero-order valence-corrected chi connectivity index (χ0v) is 14.8. The van der Waals surface area contributed by atoms with E-state index in [1.165, 1.54) is 0 Å². The molecule has 1 atom stereocenters. The van der Waals surface area contributed by atoms with Crippen molar-refractivity contribution in [1.29, 1.82) is 0 Å². The van der Waals surface area contributed by atoms with Gasteiger partial charge in [-0.1, -0.05) is 19.1 Å². The topological polar surface area (TPSA) is 50.2 Å². The highest BCUT2D eigenvalue weighted by atomic mass is 35.5. The molecule has 6 heteroatoms. The van der Waals surface area contributed by atoms with Crippen molar-refractivity contribution in [2.24, 2.45) is 0 Å². The molecule has 2 heterocycles. The second-order valence-corrected chi connectivity index (χ2v) is 6.03. The van der Waals surface area contributed by atoms with Crippen molar-refractivity contribution in [3.05, 3.63) is 48.3 Å². The molecule has 3 rings (SSSR count). The fourth-order valence-electron chi connectivity index (χ4n) is 3.12. The van der Waals surface area contributed by atoms with Crippen LogP contribution in [0.4, 0.5) is 0 Å². The summed E-state index contributed by atoms with van der Waals surface area (Å²) in [5, 5.41) is 7.57. The minimum atomic E-state index is 0. The Balaban J connectivity index is 0.00000208. The molecule has 130 valence electrons. The van der Waals surface area contributed by atoms with Crippen LogP contribution in [0.3, 0.4) is 0 Å². The van der Waals surface area contributed by atoms with Crippen LogP contribution in [0.1, 0.15) is 25.3 Å². The molecule has 1 N–H and O–H groups in total. The maximum atomic E-state index is 12.7. The third-order valence-electron chi connectivity index (χ3n) is 4.32. The summed E-state index contributed by atoms with van der Waals surface area (Å²) in [5.74, 6) is 0.229. The van der Waals surface area contributed by atoms with Gasteiger partial charge in [0, 0.05) is 31.5 Å². The van der Waals surface area contributed by atoms with Crippen molar-refractivity contribution in [3.8, 4) is 5.69 Å². The van der Waals surface area contributed by atoms with Gasteiger partial charge in [0.2, 0.25) is 5.91 Å². The van der Waals surface area contributed by atoms with Crippen LogP contribution in [0.25, 0.3) is 5.69 Å². The van der Waals surface area contributed by atoms with Crippen molar-refractivity contribution in [2.45, 2.75) is 32.2 Å². The van der Waals surface area contributed by atoms with Gasteiger partial charge in [0.05, 0.1) is 12.1 Å². The summed E-state index contributed by atoms with van der Waals surface area (Å²) in [5.41, 5.74) is 2.06. The smallest absolute Gasteiger partial charge is 0.227 e. The van der Waals surface area contributed by atoms with E-state index < -0.39 is 0 Å². The number of nitrogens with one attached hydrogen (secondary N) is 1. The molecule has 1 fully saturated rings. The molecule has 1 amide bonds. The van der Waals surface area contributed by atoms with Crippen LogP contribution in [0, 0.1) is 0 Å². The molecule has 1 aliphatic heterocycles. The number of carbonyl (C=O) groups is 1. The summed E-state index contributed by atoms with van der Waals surface area (Å²) in [6.07, 6.45) is 6.20. The minimum Gasteiger partial charge on any atom is -0.338 e. The number of carbonyl (C=O) groups excluding carboxylic acids is 1. The maximum absolute atomic E-state index is 12.7.